The lowest BCUT2D eigenvalue weighted by molar-refractivity contribution is -0.158. The van der Waals surface area contributed by atoms with Gasteiger partial charge in [0.15, 0.2) is 17.3 Å². The van der Waals surface area contributed by atoms with Crippen LogP contribution in [0.4, 0.5) is 4.79 Å². The summed E-state index contributed by atoms with van der Waals surface area (Å²) in [6.45, 7) is 7.88. The molecule has 3 N–H and O–H groups in total. The summed E-state index contributed by atoms with van der Waals surface area (Å²) in [4.78, 5) is 25.9. The van der Waals surface area contributed by atoms with Crippen molar-refractivity contribution >= 4 is 12.0 Å². The van der Waals surface area contributed by atoms with Crippen LogP contribution in [0, 0.1) is 0 Å². The second-order valence-corrected chi connectivity index (χ2v) is 9.62. The summed E-state index contributed by atoms with van der Waals surface area (Å²) < 4.78 is 32.8. The van der Waals surface area contributed by atoms with Crippen molar-refractivity contribution < 1.29 is 43.1 Å². The lowest BCUT2D eigenvalue weighted by atomic mass is 10.1. The first-order chi connectivity index (χ1) is 18.3. The van der Waals surface area contributed by atoms with Crippen molar-refractivity contribution in [2.24, 2.45) is 0 Å². The number of nitrogens with zero attached hydrogens (tertiary/aromatic N) is 1. The first-order valence-corrected chi connectivity index (χ1v) is 13.0. The van der Waals surface area contributed by atoms with Gasteiger partial charge in [-0.3, -0.25) is 4.79 Å². The van der Waals surface area contributed by atoms with Crippen LogP contribution in [0.2, 0.25) is 0 Å². The standard InChI is InChI=1S/C26H41N3O9/c1-26(2)37-18-21(38-26)17-36-24(31)7-5-19-4-6-22(23(14-19)33-3)35-16-20(30)15-27-8-9-28-25(32)29-10-12-34-13-11-29/h4,6,14,20-21,27,30H,5,7-13,15-18H2,1-3H3,(H,28,32). The Kier molecular flexibility index (Phi) is 11.9. The van der Waals surface area contributed by atoms with E-state index in [-0.39, 0.29) is 37.7 Å². The minimum atomic E-state index is -0.746. The van der Waals surface area contributed by atoms with E-state index in [0.29, 0.717) is 70.5 Å². The van der Waals surface area contributed by atoms with Gasteiger partial charge in [0.25, 0.3) is 0 Å². The van der Waals surface area contributed by atoms with Gasteiger partial charge in [-0.2, -0.15) is 0 Å². The normalized spacial score (nSPS) is 19.6. The second kappa shape index (κ2) is 15.1. The van der Waals surface area contributed by atoms with E-state index in [9.17, 15) is 14.7 Å². The summed E-state index contributed by atoms with van der Waals surface area (Å²) in [7, 11) is 1.54. The molecule has 0 aromatic heterocycles. The molecule has 2 aliphatic rings. The molecule has 0 aliphatic carbocycles. The zero-order valence-corrected chi connectivity index (χ0v) is 22.5. The van der Waals surface area contributed by atoms with E-state index in [1.807, 2.05) is 19.9 Å². The molecule has 0 spiro atoms. The quantitative estimate of drug-likeness (QED) is 0.229. The molecule has 2 heterocycles. The molecule has 38 heavy (non-hydrogen) atoms. The third-order valence-corrected chi connectivity index (χ3v) is 6.03. The Morgan fingerprint density at radius 2 is 2.00 bits per heavy atom. The number of esters is 1. The molecule has 2 fully saturated rings. The summed E-state index contributed by atoms with van der Waals surface area (Å²) in [5, 5.41) is 16.2. The summed E-state index contributed by atoms with van der Waals surface area (Å²) >= 11 is 0. The topological polar surface area (TPSA) is 137 Å². The van der Waals surface area contributed by atoms with Crippen LogP contribution in [0.5, 0.6) is 11.5 Å². The number of urea groups is 1. The summed E-state index contributed by atoms with van der Waals surface area (Å²) in [6, 6.07) is 5.31. The highest BCUT2D eigenvalue weighted by Gasteiger charge is 2.33. The number of aliphatic hydroxyl groups excluding tert-OH is 1. The maximum Gasteiger partial charge on any atom is 0.317 e. The molecule has 214 valence electrons. The molecule has 2 unspecified atom stereocenters. The van der Waals surface area contributed by atoms with Crippen LogP contribution in [0.3, 0.4) is 0 Å². The van der Waals surface area contributed by atoms with Crippen LogP contribution in [-0.2, 0) is 30.2 Å². The van der Waals surface area contributed by atoms with E-state index in [2.05, 4.69) is 10.6 Å². The van der Waals surface area contributed by atoms with Crippen molar-refractivity contribution in [3.05, 3.63) is 23.8 Å². The van der Waals surface area contributed by atoms with Crippen molar-refractivity contribution in [3.63, 3.8) is 0 Å². The fourth-order valence-corrected chi connectivity index (χ4v) is 3.99. The number of aryl methyl sites for hydroxylation is 1. The van der Waals surface area contributed by atoms with Gasteiger partial charge >= 0.3 is 12.0 Å². The van der Waals surface area contributed by atoms with Gasteiger partial charge in [0.05, 0.1) is 26.9 Å². The third-order valence-electron chi connectivity index (χ3n) is 6.03. The zero-order valence-electron chi connectivity index (χ0n) is 22.5. The van der Waals surface area contributed by atoms with Crippen molar-refractivity contribution in [2.45, 2.75) is 44.7 Å². The van der Waals surface area contributed by atoms with Crippen molar-refractivity contribution in [1.82, 2.24) is 15.5 Å². The molecule has 1 aromatic carbocycles. The minimum Gasteiger partial charge on any atom is -0.493 e. The smallest absolute Gasteiger partial charge is 0.317 e. The van der Waals surface area contributed by atoms with Gasteiger partial charge < -0.3 is 49.1 Å². The van der Waals surface area contributed by atoms with Crippen molar-refractivity contribution in [3.8, 4) is 11.5 Å². The lowest BCUT2D eigenvalue weighted by Gasteiger charge is -2.27. The molecule has 1 aromatic rings. The molecule has 2 atom stereocenters. The number of aliphatic hydroxyl groups is 1. The molecule has 2 aliphatic heterocycles. The number of amides is 2. The highest BCUT2D eigenvalue weighted by molar-refractivity contribution is 5.74. The Bertz CT molecular complexity index is 893. The van der Waals surface area contributed by atoms with Gasteiger partial charge in [0.1, 0.15) is 25.4 Å². The Morgan fingerprint density at radius 3 is 2.71 bits per heavy atom. The largest absolute Gasteiger partial charge is 0.493 e. The monoisotopic (exact) mass is 539 g/mol. The highest BCUT2D eigenvalue weighted by atomic mass is 16.7. The molecule has 0 radical (unpaired) electrons. The van der Waals surface area contributed by atoms with Crippen LogP contribution in [-0.4, -0.2) is 113 Å². The Hall–Kier alpha value is -2.64. The van der Waals surface area contributed by atoms with E-state index in [4.69, 9.17) is 28.4 Å². The summed E-state index contributed by atoms with van der Waals surface area (Å²) in [5.41, 5.74) is 0.897. The summed E-state index contributed by atoms with van der Waals surface area (Å²) in [6.07, 6.45) is -0.295. The number of hydrogen-bond donors (Lipinski definition) is 3. The molecule has 2 amide bonds. The highest BCUT2D eigenvalue weighted by Crippen LogP contribution is 2.29. The number of nitrogens with one attached hydrogen (secondary N) is 2. The Balaban J connectivity index is 1.30. The van der Waals surface area contributed by atoms with E-state index in [1.165, 1.54) is 7.11 Å². The fraction of sp³-hybridized carbons (Fsp3) is 0.692. The average molecular weight is 540 g/mol. The predicted octanol–water partition coefficient (Wildman–Crippen LogP) is 0.694. The lowest BCUT2D eigenvalue weighted by Crippen LogP contribution is -2.47. The number of morpholine rings is 1. The van der Waals surface area contributed by atoms with E-state index in [1.54, 1.807) is 17.0 Å². The Morgan fingerprint density at radius 1 is 1.21 bits per heavy atom. The minimum absolute atomic E-state index is 0.0684. The number of rotatable bonds is 14. The van der Waals surface area contributed by atoms with Crippen LogP contribution < -0.4 is 20.1 Å². The van der Waals surface area contributed by atoms with Gasteiger partial charge in [-0.05, 0) is 38.0 Å². The zero-order chi connectivity index (χ0) is 27.4. The van der Waals surface area contributed by atoms with Gasteiger partial charge in [0, 0.05) is 39.1 Å². The summed E-state index contributed by atoms with van der Waals surface area (Å²) in [5.74, 6) is 0.0536. The van der Waals surface area contributed by atoms with E-state index >= 15 is 0 Å². The molecule has 3 rings (SSSR count). The molecular weight excluding hydrogens is 498 g/mol. The number of hydrogen-bond acceptors (Lipinski definition) is 10. The van der Waals surface area contributed by atoms with E-state index in [0.717, 1.165) is 5.56 Å². The molecular formula is C26H41N3O9. The number of benzene rings is 1. The van der Waals surface area contributed by atoms with E-state index < -0.39 is 11.9 Å². The van der Waals surface area contributed by atoms with Crippen molar-refractivity contribution in [2.75, 3.05) is 72.9 Å². The number of carbonyl (C=O) groups is 2. The molecule has 12 heteroatoms. The number of carbonyl (C=O) groups excluding carboxylic acids is 2. The second-order valence-electron chi connectivity index (χ2n) is 9.62. The van der Waals surface area contributed by atoms with Crippen LogP contribution in [0.1, 0.15) is 25.8 Å². The first kappa shape index (κ1) is 29.9. The fourth-order valence-electron chi connectivity index (χ4n) is 3.99. The van der Waals surface area contributed by atoms with Gasteiger partial charge in [-0.1, -0.05) is 6.07 Å². The average Bonchev–Trinajstić information content (AvgIpc) is 3.28. The maximum absolute atomic E-state index is 12.1. The molecule has 0 bridgehead atoms. The van der Waals surface area contributed by atoms with Crippen LogP contribution in [0.25, 0.3) is 0 Å². The first-order valence-electron chi connectivity index (χ1n) is 13.0. The number of ether oxygens (including phenoxy) is 6. The SMILES string of the molecule is COc1cc(CCC(=O)OCC2COC(C)(C)O2)ccc1OCC(O)CNCCNC(=O)N1CCOCC1. The van der Waals surface area contributed by atoms with Gasteiger partial charge in [-0.15, -0.1) is 0 Å². The number of methoxy groups -OCH3 is 1. The van der Waals surface area contributed by atoms with Crippen LogP contribution >= 0.6 is 0 Å². The molecule has 2 saturated heterocycles. The maximum atomic E-state index is 12.1. The van der Waals surface area contributed by atoms with Crippen LogP contribution in [0.15, 0.2) is 18.2 Å². The van der Waals surface area contributed by atoms with Gasteiger partial charge in [0.2, 0.25) is 0 Å². The molecule has 12 nitrogen and oxygen atoms in total. The Labute approximate surface area is 223 Å². The van der Waals surface area contributed by atoms with Crippen molar-refractivity contribution in [1.29, 1.82) is 0 Å². The predicted molar refractivity (Wildman–Crippen MR) is 137 cm³/mol. The molecule has 0 saturated carbocycles. The third kappa shape index (κ3) is 10.3. The van der Waals surface area contributed by atoms with Gasteiger partial charge in [-0.25, -0.2) is 4.79 Å².